The van der Waals surface area contributed by atoms with Gasteiger partial charge < -0.3 is 15.0 Å². The lowest BCUT2D eigenvalue weighted by atomic mass is 10.0. The number of hydrogen-bond donors (Lipinski definition) is 1. The number of carbonyl (C=O) groups is 2. The van der Waals surface area contributed by atoms with Crippen molar-refractivity contribution in [1.82, 2.24) is 25.0 Å². The van der Waals surface area contributed by atoms with Crippen LogP contribution in [-0.2, 0) is 16.9 Å². The topological polar surface area (TPSA) is 89.4 Å². The maximum absolute atomic E-state index is 15.3. The van der Waals surface area contributed by atoms with Crippen molar-refractivity contribution in [3.63, 3.8) is 0 Å². The van der Waals surface area contributed by atoms with Gasteiger partial charge in [0.05, 0.1) is 23.3 Å². The van der Waals surface area contributed by atoms with Gasteiger partial charge in [-0.05, 0) is 44.5 Å². The third-order valence-electron chi connectivity index (χ3n) is 5.42. The van der Waals surface area contributed by atoms with E-state index in [1.54, 1.807) is 42.2 Å². The zero-order valence-corrected chi connectivity index (χ0v) is 21.5. The van der Waals surface area contributed by atoms with Gasteiger partial charge in [-0.15, -0.1) is 0 Å². The van der Waals surface area contributed by atoms with Crippen LogP contribution in [0.3, 0.4) is 0 Å². The van der Waals surface area contributed by atoms with Crippen LogP contribution in [0.1, 0.15) is 36.8 Å². The summed E-state index contributed by atoms with van der Waals surface area (Å²) in [6, 6.07) is 6.47. The van der Waals surface area contributed by atoms with Crippen LogP contribution >= 0.6 is 11.6 Å². The van der Waals surface area contributed by atoms with Crippen molar-refractivity contribution in [3.8, 4) is 16.9 Å². The number of pyridine rings is 1. The van der Waals surface area contributed by atoms with E-state index in [1.807, 2.05) is 20.8 Å². The third kappa shape index (κ3) is 6.28. The minimum absolute atomic E-state index is 0.0284. The van der Waals surface area contributed by atoms with Gasteiger partial charge in [-0.2, -0.15) is 5.10 Å². The molecule has 36 heavy (non-hydrogen) atoms. The molecule has 0 aliphatic rings. The molecule has 0 radical (unpaired) electrons. The second-order valence-corrected chi connectivity index (χ2v) is 9.46. The fraction of sp³-hybridized carbons (Fsp3) is 0.308. The summed E-state index contributed by atoms with van der Waals surface area (Å²) >= 11 is 6.33. The first-order valence-electron chi connectivity index (χ1n) is 11.3. The predicted octanol–water partition coefficient (Wildman–Crippen LogP) is 4.45. The Morgan fingerprint density at radius 1 is 1.25 bits per heavy atom. The molecule has 2 amide bonds. The number of aromatic nitrogens is 3. The van der Waals surface area contributed by atoms with E-state index in [-0.39, 0.29) is 46.8 Å². The minimum atomic E-state index is -0.643. The Labute approximate surface area is 214 Å². The molecule has 0 aliphatic carbocycles. The van der Waals surface area contributed by atoms with Gasteiger partial charge in [0.2, 0.25) is 5.91 Å². The molecule has 3 rings (SSSR count). The van der Waals surface area contributed by atoms with Gasteiger partial charge in [0.1, 0.15) is 23.9 Å². The number of nitrogens with zero attached hydrogens (tertiary/aromatic N) is 4. The number of amides is 2. The average Bonchev–Trinajstić information content (AvgIpc) is 3.36. The molecular formula is C26H29ClFN5O3. The van der Waals surface area contributed by atoms with E-state index in [0.717, 1.165) is 0 Å². The van der Waals surface area contributed by atoms with Crippen LogP contribution in [0.25, 0.3) is 11.1 Å². The Morgan fingerprint density at radius 2 is 2.00 bits per heavy atom. The zero-order valence-electron chi connectivity index (χ0n) is 20.7. The van der Waals surface area contributed by atoms with Crippen molar-refractivity contribution in [2.45, 2.75) is 32.9 Å². The molecule has 2 aromatic heterocycles. The Bertz CT molecular complexity index is 1270. The number of nitrogens with one attached hydrogen (secondary N) is 1. The van der Waals surface area contributed by atoms with E-state index in [1.165, 1.54) is 23.4 Å². The molecule has 3 aromatic rings. The number of benzene rings is 1. The summed E-state index contributed by atoms with van der Waals surface area (Å²) in [5.41, 5.74) is 1.12. The van der Waals surface area contributed by atoms with Gasteiger partial charge in [-0.25, -0.2) is 4.39 Å². The number of rotatable bonds is 9. The van der Waals surface area contributed by atoms with Crippen molar-refractivity contribution < 1.29 is 18.7 Å². The van der Waals surface area contributed by atoms with Crippen LogP contribution in [0.15, 0.2) is 55.5 Å². The van der Waals surface area contributed by atoms with E-state index in [0.29, 0.717) is 23.4 Å². The third-order valence-corrected chi connectivity index (χ3v) is 5.83. The van der Waals surface area contributed by atoms with Crippen molar-refractivity contribution in [2.24, 2.45) is 0 Å². The zero-order chi connectivity index (χ0) is 26.5. The molecule has 0 aliphatic heterocycles. The summed E-state index contributed by atoms with van der Waals surface area (Å²) in [4.78, 5) is 29.6. The van der Waals surface area contributed by atoms with Crippen LogP contribution in [0, 0.1) is 5.82 Å². The van der Waals surface area contributed by atoms with Crippen molar-refractivity contribution in [2.75, 3.05) is 20.2 Å². The van der Waals surface area contributed by atoms with E-state index in [4.69, 9.17) is 16.3 Å². The van der Waals surface area contributed by atoms with Gasteiger partial charge in [0, 0.05) is 37.1 Å². The fourth-order valence-corrected chi connectivity index (χ4v) is 3.53. The second-order valence-electron chi connectivity index (χ2n) is 9.08. The fourth-order valence-electron chi connectivity index (χ4n) is 3.29. The van der Waals surface area contributed by atoms with Crippen molar-refractivity contribution in [1.29, 1.82) is 0 Å². The van der Waals surface area contributed by atoms with E-state index in [2.05, 4.69) is 22.0 Å². The summed E-state index contributed by atoms with van der Waals surface area (Å²) in [6.45, 7) is 9.91. The SMILES string of the molecule is C=CC(=O)N(C)CCOc1cnccc1-c1ccc(CNC(=O)c2ccn(C(C)(C)C)n2)c(Cl)c1F. The Hall–Kier alpha value is -3.72. The number of ether oxygens (including phenoxy) is 1. The number of halogens is 2. The molecule has 0 saturated heterocycles. The summed E-state index contributed by atoms with van der Waals surface area (Å²) in [5.74, 6) is -0.908. The second kappa shape index (κ2) is 11.3. The molecule has 0 unspecified atom stereocenters. The number of carbonyl (C=O) groups excluding carboxylic acids is 2. The van der Waals surface area contributed by atoms with Crippen molar-refractivity contribution in [3.05, 3.63) is 77.6 Å². The minimum Gasteiger partial charge on any atom is -0.489 e. The first-order chi connectivity index (χ1) is 17.0. The molecule has 0 saturated carbocycles. The van der Waals surface area contributed by atoms with Crippen LogP contribution in [0.5, 0.6) is 5.75 Å². The summed E-state index contributed by atoms with van der Waals surface area (Å²) < 4.78 is 22.8. The molecule has 0 spiro atoms. The van der Waals surface area contributed by atoms with E-state index < -0.39 is 5.82 Å². The van der Waals surface area contributed by atoms with Crippen LogP contribution in [0.4, 0.5) is 4.39 Å². The van der Waals surface area contributed by atoms with E-state index >= 15 is 4.39 Å². The highest BCUT2D eigenvalue weighted by atomic mass is 35.5. The quantitative estimate of drug-likeness (QED) is 0.427. The maximum Gasteiger partial charge on any atom is 0.272 e. The maximum atomic E-state index is 15.3. The standard InChI is InChI=1S/C26H29ClFN5O3/c1-6-22(34)32(5)13-14-36-21-16-29-11-9-18(21)19-8-7-17(23(27)24(19)28)15-30-25(35)20-10-12-33(31-20)26(2,3)4/h6-12,16H,1,13-15H2,2-5H3,(H,30,35). The molecule has 8 nitrogen and oxygen atoms in total. The predicted molar refractivity (Wildman–Crippen MR) is 136 cm³/mol. The van der Waals surface area contributed by atoms with E-state index in [9.17, 15) is 9.59 Å². The van der Waals surface area contributed by atoms with Crippen molar-refractivity contribution >= 4 is 23.4 Å². The van der Waals surface area contributed by atoms with Gasteiger partial charge >= 0.3 is 0 Å². The average molecular weight is 514 g/mol. The molecule has 190 valence electrons. The molecule has 0 bridgehead atoms. The van der Waals surface area contributed by atoms with Gasteiger partial charge in [0.15, 0.2) is 0 Å². The highest BCUT2D eigenvalue weighted by Crippen LogP contribution is 2.35. The summed E-state index contributed by atoms with van der Waals surface area (Å²) in [5, 5.41) is 6.92. The number of likely N-dealkylation sites (N-methyl/N-ethyl adjacent to an activating group) is 1. The molecular weight excluding hydrogens is 485 g/mol. The molecule has 0 fully saturated rings. The monoisotopic (exact) mass is 513 g/mol. The largest absolute Gasteiger partial charge is 0.489 e. The van der Waals surface area contributed by atoms with Gasteiger partial charge in [-0.1, -0.05) is 30.3 Å². The van der Waals surface area contributed by atoms with Gasteiger partial charge in [0.25, 0.3) is 5.91 Å². The van der Waals surface area contributed by atoms with Crippen LogP contribution in [-0.4, -0.2) is 51.7 Å². The number of hydrogen-bond acceptors (Lipinski definition) is 5. The summed E-state index contributed by atoms with van der Waals surface area (Å²) in [7, 11) is 1.63. The molecule has 2 heterocycles. The molecule has 1 aromatic carbocycles. The Balaban J connectivity index is 1.72. The lowest BCUT2D eigenvalue weighted by molar-refractivity contribution is -0.125. The Kier molecular flexibility index (Phi) is 8.47. The Morgan fingerprint density at radius 3 is 2.67 bits per heavy atom. The smallest absolute Gasteiger partial charge is 0.272 e. The first kappa shape index (κ1) is 26.9. The highest BCUT2D eigenvalue weighted by Gasteiger charge is 2.19. The lowest BCUT2D eigenvalue weighted by Crippen LogP contribution is -2.29. The summed E-state index contributed by atoms with van der Waals surface area (Å²) in [6.07, 6.45) is 5.95. The molecule has 1 N–H and O–H groups in total. The normalized spacial score (nSPS) is 11.2. The highest BCUT2D eigenvalue weighted by molar-refractivity contribution is 6.31. The molecule has 10 heteroatoms. The first-order valence-corrected chi connectivity index (χ1v) is 11.7. The van der Waals surface area contributed by atoms with Gasteiger partial charge in [-0.3, -0.25) is 19.3 Å². The van der Waals surface area contributed by atoms with Crippen LogP contribution in [0.2, 0.25) is 5.02 Å². The lowest BCUT2D eigenvalue weighted by Gasteiger charge is -2.18. The van der Waals surface area contributed by atoms with Crippen LogP contribution < -0.4 is 10.1 Å². The molecule has 0 atom stereocenters.